The largest absolute Gasteiger partial charge is 1.00 e. The number of piperidine rings is 1. The molecule has 5 nitrogen and oxygen atoms in total. The maximum absolute atomic E-state index is 11.8. The van der Waals surface area contributed by atoms with E-state index in [0.29, 0.717) is 19.7 Å². The van der Waals surface area contributed by atoms with Gasteiger partial charge in [0.25, 0.3) is 0 Å². The molecule has 1 aliphatic heterocycles. The minimum atomic E-state index is -0.573. The second kappa shape index (κ2) is 10.5. The number of likely N-dealkylation sites (tertiary alicyclic amines) is 1. The van der Waals surface area contributed by atoms with E-state index in [0.717, 1.165) is 30.7 Å². The molecule has 1 heterocycles. The summed E-state index contributed by atoms with van der Waals surface area (Å²) in [4.78, 5) is 14.0. The normalized spacial score (nSPS) is 19.2. The maximum atomic E-state index is 11.8. The van der Waals surface area contributed by atoms with Crippen molar-refractivity contribution in [2.45, 2.75) is 32.8 Å². The van der Waals surface area contributed by atoms with Crippen LogP contribution < -0.4 is 17.1 Å². The summed E-state index contributed by atoms with van der Waals surface area (Å²) in [5, 5.41) is 10.2. The van der Waals surface area contributed by atoms with Gasteiger partial charge in [-0.2, -0.15) is 0 Å². The molecular weight excluding hydrogens is 330 g/mol. The molecule has 2 unspecified atom stereocenters. The van der Waals surface area contributed by atoms with Gasteiger partial charge in [-0.25, -0.2) is 0 Å². The first-order valence-corrected chi connectivity index (χ1v) is 8.35. The Morgan fingerprint density at radius 1 is 1.46 bits per heavy atom. The predicted octanol–water partition coefficient (Wildman–Crippen LogP) is -0.986. The van der Waals surface area contributed by atoms with Crippen molar-refractivity contribution >= 4 is 5.97 Å². The first-order chi connectivity index (χ1) is 11.1. The number of rotatable bonds is 7. The Morgan fingerprint density at radius 3 is 2.96 bits per heavy atom. The lowest BCUT2D eigenvalue weighted by atomic mass is 9.98. The fourth-order valence-corrected chi connectivity index (χ4v) is 2.92. The maximum Gasteiger partial charge on any atom is 0.310 e. The van der Waals surface area contributed by atoms with Gasteiger partial charge in [0, 0.05) is 13.1 Å². The number of ether oxygens (including phenoxy) is 2. The molecule has 2 atom stereocenters. The summed E-state index contributed by atoms with van der Waals surface area (Å²) >= 11 is 0. The summed E-state index contributed by atoms with van der Waals surface area (Å²) in [6.45, 7) is 6.57. The van der Waals surface area contributed by atoms with Gasteiger partial charge >= 0.3 is 5.97 Å². The third-order valence-electron chi connectivity index (χ3n) is 4.03. The third-order valence-corrected chi connectivity index (χ3v) is 4.03. The molecule has 0 amide bonds. The highest BCUT2D eigenvalue weighted by Crippen LogP contribution is 2.18. The molecule has 0 aromatic heterocycles. The number of hydrogen-bond acceptors (Lipinski definition) is 5. The van der Waals surface area contributed by atoms with Crippen LogP contribution in [0.1, 0.15) is 25.3 Å². The molecule has 0 radical (unpaired) electrons. The van der Waals surface area contributed by atoms with Gasteiger partial charge in [-0.15, -0.1) is 0 Å². The SMILES string of the molecule is CCOC(=O)C1CCCN(CC(O)COc2cccc(C)c2)C1.[Cl-]. The van der Waals surface area contributed by atoms with Crippen LogP contribution in [0.4, 0.5) is 0 Å². The number of esters is 1. The minimum absolute atomic E-state index is 0. The Labute approximate surface area is 150 Å². The van der Waals surface area contributed by atoms with E-state index >= 15 is 0 Å². The minimum Gasteiger partial charge on any atom is -1.00 e. The Morgan fingerprint density at radius 2 is 2.25 bits per heavy atom. The van der Waals surface area contributed by atoms with E-state index in [4.69, 9.17) is 9.47 Å². The molecule has 0 saturated carbocycles. The van der Waals surface area contributed by atoms with Crippen molar-refractivity contribution in [1.29, 1.82) is 0 Å². The molecule has 1 aromatic rings. The van der Waals surface area contributed by atoms with Gasteiger partial charge in [0.15, 0.2) is 0 Å². The number of carbonyl (C=O) groups is 1. The summed E-state index contributed by atoms with van der Waals surface area (Å²) in [6, 6.07) is 7.78. The van der Waals surface area contributed by atoms with Crippen molar-refractivity contribution in [3.63, 3.8) is 0 Å². The first kappa shape index (κ1) is 20.7. The molecule has 136 valence electrons. The molecule has 1 aromatic carbocycles. The van der Waals surface area contributed by atoms with E-state index in [2.05, 4.69) is 4.90 Å². The van der Waals surface area contributed by atoms with Crippen molar-refractivity contribution in [1.82, 2.24) is 4.90 Å². The Hall–Kier alpha value is -1.30. The molecule has 1 saturated heterocycles. The monoisotopic (exact) mass is 356 g/mol. The molecular formula is C18H27ClNO4-. The fourth-order valence-electron chi connectivity index (χ4n) is 2.92. The second-order valence-electron chi connectivity index (χ2n) is 6.13. The lowest BCUT2D eigenvalue weighted by molar-refractivity contribution is -0.150. The fraction of sp³-hybridized carbons (Fsp3) is 0.611. The number of aliphatic hydroxyl groups excluding tert-OH is 1. The van der Waals surface area contributed by atoms with Crippen molar-refractivity contribution in [3.8, 4) is 5.75 Å². The second-order valence-corrected chi connectivity index (χ2v) is 6.13. The van der Waals surface area contributed by atoms with Gasteiger partial charge in [-0.05, 0) is 50.9 Å². The molecule has 1 aliphatic rings. The van der Waals surface area contributed by atoms with Crippen LogP contribution in [0, 0.1) is 12.8 Å². The Bertz CT molecular complexity index is 512. The highest BCUT2D eigenvalue weighted by atomic mass is 35.5. The number of aliphatic hydroxyl groups is 1. The standard InChI is InChI=1S/C18H27NO4.ClH/c1-3-22-18(21)15-7-5-9-19(11-15)12-16(20)13-23-17-8-4-6-14(2)10-17;/h4,6,8,10,15-16,20H,3,5,7,9,11-13H2,1-2H3;1H/p-1. The average Bonchev–Trinajstić information content (AvgIpc) is 2.53. The average molecular weight is 357 g/mol. The van der Waals surface area contributed by atoms with Gasteiger partial charge in [0.05, 0.1) is 12.5 Å². The van der Waals surface area contributed by atoms with Crippen molar-refractivity contribution in [2.24, 2.45) is 5.92 Å². The number of carbonyl (C=O) groups excluding carboxylic acids is 1. The molecule has 1 N–H and O–H groups in total. The molecule has 0 bridgehead atoms. The summed E-state index contributed by atoms with van der Waals surface area (Å²) < 4.78 is 10.7. The summed E-state index contributed by atoms with van der Waals surface area (Å²) in [5.41, 5.74) is 1.13. The zero-order valence-electron chi connectivity index (χ0n) is 14.4. The van der Waals surface area contributed by atoms with Crippen LogP contribution in [-0.4, -0.2) is 54.9 Å². The van der Waals surface area contributed by atoms with Gasteiger partial charge in [0.2, 0.25) is 0 Å². The van der Waals surface area contributed by atoms with Crippen molar-refractivity contribution < 1.29 is 31.8 Å². The van der Waals surface area contributed by atoms with Crippen molar-refractivity contribution in [2.75, 3.05) is 32.8 Å². The topological polar surface area (TPSA) is 59.0 Å². The summed E-state index contributed by atoms with van der Waals surface area (Å²) in [6.07, 6.45) is 1.25. The van der Waals surface area contributed by atoms with Crippen molar-refractivity contribution in [3.05, 3.63) is 29.8 Å². The van der Waals surface area contributed by atoms with Crippen LogP contribution in [0.2, 0.25) is 0 Å². The van der Waals surface area contributed by atoms with Crippen LogP contribution in [0.25, 0.3) is 0 Å². The van der Waals surface area contributed by atoms with Crippen LogP contribution in [-0.2, 0) is 9.53 Å². The molecule has 0 spiro atoms. The summed E-state index contributed by atoms with van der Waals surface area (Å²) in [7, 11) is 0. The molecule has 0 aliphatic carbocycles. The zero-order chi connectivity index (χ0) is 16.7. The lowest BCUT2D eigenvalue weighted by Gasteiger charge is -2.32. The summed E-state index contributed by atoms with van der Waals surface area (Å²) in [5.74, 6) is 0.573. The van der Waals surface area contributed by atoms with Gasteiger partial charge < -0.3 is 27.0 Å². The number of benzene rings is 1. The van der Waals surface area contributed by atoms with Crippen LogP contribution in [0.3, 0.4) is 0 Å². The molecule has 6 heteroatoms. The van der Waals surface area contributed by atoms with E-state index in [1.165, 1.54) is 0 Å². The van der Waals surface area contributed by atoms with Gasteiger partial charge in [-0.1, -0.05) is 12.1 Å². The predicted molar refractivity (Wildman–Crippen MR) is 88.5 cm³/mol. The van der Waals surface area contributed by atoms with E-state index < -0.39 is 6.10 Å². The Balaban J connectivity index is 0.00000288. The number of aryl methyl sites for hydroxylation is 1. The smallest absolute Gasteiger partial charge is 0.310 e. The molecule has 2 rings (SSSR count). The van der Waals surface area contributed by atoms with Crippen LogP contribution in [0.5, 0.6) is 5.75 Å². The van der Waals surface area contributed by atoms with E-state index in [1.807, 2.05) is 38.1 Å². The highest BCUT2D eigenvalue weighted by Gasteiger charge is 2.27. The third kappa shape index (κ3) is 6.67. The van der Waals surface area contributed by atoms with Gasteiger partial charge in [-0.3, -0.25) is 9.69 Å². The molecule has 1 fully saturated rings. The van der Waals surface area contributed by atoms with E-state index in [9.17, 15) is 9.90 Å². The number of hydrogen-bond donors (Lipinski definition) is 1. The highest BCUT2D eigenvalue weighted by molar-refractivity contribution is 5.72. The zero-order valence-corrected chi connectivity index (χ0v) is 15.2. The van der Waals surface area contributed by atoms with E-state index in [-0.39, 0.29) is 30.9 Å². The number of halogens is 1. The van der Waals surface area contributed by atoms with Crippen LogP contribution >= 0.6 is 0 Å². The quantitative estimate of drug-likeness (QED) is 0.636. The molecule has 24 heavy (non-hydrogen) atoms. The number of β-amino-alcohol motifs (C(OH)–C–C–N with tert-alkyl or cyclic N) is 1. The van der Waals surface area contributed by atoms with Crippen LogP contribution in [0.15, 0.2) is 24.3 Å². The van der Waals surface area contributed by atoms with Gasteiger partial charge in [0.1, 0.15) is 18.5 Å². The Kier molecular flexibility index (Phi) is 9.11. The first-order valence-electron chi connectivity index (χ1n) is 8.35. The van der Waals surface area contributed by atoms with E-state index in [1.54, 1.807) is 0 Å². The number of nitrogens with zero attached hydrogens (tertiary/aromatic N) is 1. The lowest BCUT2D eigenvalue weighted by Crippen LogP contribution is -3.00.